The maximum atomic E-state index is 11.5. The van der Waals surface area contributed by atoms with Crippen molar-refractivity contribution in [2.75, 3.05) is 33.2 Å². The van der Waals surface area contributed by atoms with E-state index >= 15 is 0 Å². The highest BCUT2D eigenvalue weighted by Crippen LogP contribution is 2.34. The molecule has 3 aliphatic heterocycles. The number of carbonyl (C=O) groups excluding carboxylic acids is 1. The zero-order valence-electron chi connectivity index (χ0n) is 13.5. The van der Waals surface area contributed by atoms with E-state index in [-0.39, 0.29) is 5.91 Å². The van der Waals surface area contributed by atoms with Gasteiger partial charge in [0.05, 0.1) is 0 Å². The molecule has 5 heteroatoms. The van der Waals surface area contributed by atoms with Crippen LogP contribution in [0, 0.1) is 0 Å². The molecule has 1 unspecified atom stereocenters. The summed E-state index contributed by atoms with van der Waals surface area (Å²) in [4.78, 5) is 18.6. The molecule has 3 fully saturated rings. The maximum absolute atomic E-state index is 11.5. The maximum Gasteiger partial charge on any atom is 0.219 e. The molecule has 0 radical (unpaired) electrons. The van der Waals surface area contributed by atoms with Crippen molar-refractivity contribution >= 4 is 5.91 Å². The Balaban J connectivity index is 1.46. The summed E-state index contributed by atoms with van der Waals surface area (Å²) in [5.41, 5.74) is 6.14. The number of carbonyl (C=O) groups is 1. The lowest BCUT2D eigenvalue weighted by Crippen LogP contribution is -2.49. The average molecular weight is 294 g/mol. The fourth-order valence-electron chi connectivity index (χ4n) is 4.53. The summed E-state index contributed by atoms with van der Waals surface area (Å²) in [6, 6.07) is 2.31. The number of hydrogen-bond donors (Lipinski definition) is 1. The number of nitrogens with two attached hydrogens (primary N) is 1. The molecule has 2 N–H and O–H groups in total. The normalized spacial score (nSPS) is 37.1. The number of amides is 1. The van der Waals surface area contributed by atoms with Crippen LogP contribution in [0.5, 0.6) is 0 Å². The van der Waals surface area contributed by atoms with Crippen molar-refractivity contribution in [3.05, 3.63) is 0 Å². The standard InChI is InChI=1S/C16H30N4O/c1-12(21)18(2)16-5-6-19(11-16)7-8-20-14-3-4-15(20)10-13(17)9-14/h13-16H,3-11,17H2,1-2H3/t13?,14-,15+,16-/m1/s1. The minimum absolute atomic E-state index is 0.185. The van der Waals surface area contributed by atoms with Crippen molar-refractivity contribution in [1.82, 2.24) is 14.7 Å². The Morgan fingerprint density at radius 1 is 1.19 bits per heavy atom. The van der Waals surface area contributed by atoms with Gasteiger partial charge in [-0.1, -0.05) is 0 Å². The first-order valence-electron chi connectivity index (χ1n) is 8.51. The van der Waals surface area contributed by atoms with Crippen LogP contribution in [0.3, 0.4) is 0 Å². The molecular weight excluding hydrogens is 264 g/mol. The summed E-state index contributed by atoms with van der Waals surface area (Å²) in [5, 5.41) is 0. The Bertz CT molecular complexity index is 374. The predicted octanol–water partition coefficient (Wildman–Crippen LogP) is 0.493. The van der Waals surface area contributed by atoms with Crippen LogP contribution < -0.4 is 5.73 Å². The van der Waals surface area contributed by atoms with E-state index in [1.54, 1.807) is 6.92 Å². The molecule has 0 aliphatic carbocycles. The number of nitrogens with zero attached hydrogens (tertiary/aromatic N) is 3. The van der Waals surface area contributed by atoms with Gasteiger partial charge in [0.25, 0.3) is 0 Å². The molecule has 0 aromatic carbocycles. The molecule has 4 atom stereocenters. The van der Waals surface area contributed by atoms with Gasteiger partial charge < -0.3 is 10.6 Å². The first-order valence-corrected chi connectivity index (χ1v) is 8.51. The van der Waals surface area contributed by atoms with Crippen LogP contribution in [0.25, 0.3) is 0 Å². The minimum Gasteiger partial charge on any atom is -0.342 e. The van der Waals surface area contributed by atoms with Crippen LogP contribution >= 0.6 is 0 Å². The molecule has 1 amide bonds. The molecule has 0 saturated carbocycles. The van der Waals surface area contributed by atoms with Gasteiger partial charge in [0.1, 0.15) is 0 Å². The Labute approximate surface area is 128 Å². The van der Waals surface area contributed by atoms with Crippen molar-refractivity contribution in [3.8, 4) is 0 Å². The third-order valence-electron chi connectivity index (χ3n) is 5.89. The number of hydrogen-bond acceptors (Lipinski definition) is 4. The lowest BCUT2D eigenvalue weighted by atomic mass is 9.98. The van der Waals surface area contributed by atoms with E-state index in [1.807, 2.05) is 11.9 Å². The number of fused-ring (bicyclic) bond motifs is 2. The summed E-state index contributed by atoms with van der Waals surface area (Å²) in [7, 11) is 1.93. The van der Waals surface area contributed by atoms with E-state index < -0.39 is 0 Å². The molecule has 0 aromatic rings. The summed E-state index contributed by atoms with van der Waals surface area (Å²) in [5.74, 6) is 0.185. The molecule has 0 spiro atoms. The van der Waals surface area contributed by atoms with Crippen LogP contribution in [0.15, 0.2) is 0 Å². The first kappa shape index (κ1) is 15.3. The molecule has 120 valence electrons. The van der Waals surface area contributed by atoms with Crippen molar-refractivity contribution < 1.29 is 4.79 Å². The highest BCUT2D eigenvalue weighted by Gasteiger charge is 2.39. The van der Waals surface area contributed by atoms with Gasteiger partial charge in [0, 0.05) is 64.3 Å². The molecule has 3 aliphatic rings. The van der Waals surface area contributed by atoms with E-state index in [4.69, 9.17) is 5.73 Å². The molecule has 3 rings (SSSR count). The second kappa shape index (κ2) is 6.23. The van der Waals surface area contributed by atoms with Crippen LogP contribution in [0.1, 0.15) is 39.0 Å². The third kappa shape index (κ3) is 3.25. The molecule has 2 bridgehead atoms. The number of likely N-dealkylation sites (N-methyl/N-ethyl adjacent to an activating group) is 1. The highest BCUT2D eigenvalue weighted by molar-refractivity contribution is 5.73. The number of likely N-dealkylation sites (tertiary alicyclic amines) is 1. The van der Waals surface area contributed by atoms with Gasteiger partial charge >= 0.3 is 0 Å². The van der Waals surface area contributed by atoms with Crippen molar-refractivity contribution in [1.29, 1.82) is 0 Å². The molecule has 0 aromatic heterocycles. The minimum atomic E-state index is 0.185. The first-order chi connectivity index (χ1) is 10.0. The largest absolute Gasteiger partial charge is 0.342 e. The lowest BCUT2D eigenvalue weighted by molar-refractivity contribution is -0.129. The van der Waals surface area contributed by atoms with Gasteiger partial charge in [0.2, 0.25) is 5.91 Å². The van der Waals surface area contributed by atoms with Gasteiger partial charge in [-0.05, 0) is 32.1 Å². The van der Waals surface area contributed by atoms with Crippen molar-refractivity contribution in [3.63, 3.8) is 0 Å². The zero-order chi connectivity index (χ0) is 15.0. The van der Waals surface area contributed by atoms with E-state index in [1.165, 1.54) is 32.2 Å². The average Bonchev–Trinajstić information content (AvgIpc) is 2.99. The molecular formula is C16H30N4O. The van der Waals surface area contributed by atoms with Gasteiger partial charge in [-0.25, -0.2) is 0 Å². The summed E-state index contributed by atoms with van der Waals surface area (Å²) >= 11 is 0. The zero-order valence-corrected chi connectivity index (χ0v) is 13.5. The molecule has 3 saturated heterocycles. The number of rotatable bonds is 4. The van der Waals surface area contributed by atoms with Crippen molar-refractivity contribution in [2.45, 2.75) is 63.2 Å². The van der Waals surface area contributed by atoms with E-state index in [0.717, 1.165) is 38.1 Å². The summed E-state index contributed by atoms with van der Waals surface area (Å²) in [6.45, 7) is 6.16. The van der Waals surface area contributed by atoms with Gasteiger partial charge in [0.15, 0.2) is 0 Å². The van der Waals surface area contributed by atoms with Gasteiger partial charge in [-0.2, -0.15) is 0 Å². The number of piperidine rings is 1. The fraction of sp³-hybridized carbons (Fsp3) is 0.938. The highest BCUT2D eigenvalue weighted by atomic mass is 16.2. The molecule has 3 heterocycles. The van der Waals surface area contributed by atoms with Crippen LogP contribution in [-0.4, -0.2) is 78.0 Å². The van der Waals surface area contributed by atoms with Gasteiger partial charge in [-0.3, -0.25) is 14.6 Å². The summed E-state index contributed by atoms with van der Waals surface area (Å²) < 4.78 is 0. The van der Waals surface area contributed by atoms with E-state index in [9.17, 15) is 4.79 Å². The van der Waals surface area contributed by atoms with Gasteiger partial charge in [-0.15, -0.1) is 0 Å². The smallest absolute Gasteiger partial charge is 0.219 e. The Morgan fingerprint density at radius 3 is 2.48 bits per heavy atom. The Morgan fingerprint density at radius 2 is 1.86 bits per heavy atom. The fourth-order valence-corrected chi connectivity index (χ4v) is 4.53. The Kier molecular flexibility index (Phi) is 4.52. The molecule has 5 nitrogen and oxygen atoms in total. The van der Waals surface area contributed by atoms with E-state index in [2.05, 4.69) is 9.80 Å². The van der Waals surface area contributed by atoms with Crippen LogP contribution in [0.4, 0.5) is 0 Å². The van der Waals surface area contributed by atoms with E-state index in [0.29, 0.717) is 12.1 Å². The third-order valence-corrected chi connectivity index (χ3v) is 5.89. The Hall–Kier alpha value is -0.650. The van der Waals surface area contributed by atoms with Crippen molar-refractivity contribution in [2.24, 2.45) is 5.73 Å². The second-order valence-corrected chi connectivity index (χ2v) is 7.23. The van der Waals surface area contributed by atoms with Crippen LogP contribution in [-0.2, 0) is 4.79 Å². The predicted molar refractivity (Wildman–Crippen MR) is 84.0 cm³/mol. The lowest BCUT2D eigenvalue weighted by Gasteiger charge is -2.38. The topological polar surface area (TPSA) is 52.8 Å². The monoisotopic (exact) mass is 294 g/mol. The molecule has 21 heavy (non-hydrogen) atoms. The van der Waals surface area contributed by atoms with Crippen LogP contribution in [0.2, 0.25) is 0 Å². The quantitative estimate of drug-likeness (QED) is 0.820. The SMILES string of the molecule is CC(=O)N(C)[C@@H]1CCN(CCN2[C@@H]3CC[C@H]2CC(N)C3)C1. The summed E-state index contributed by atoms with van der Waals surface area (Å²) in [6.07, 6.45) is 6.17. The second-order valence-electron chi connectivity index (χ2n) is 7.23.